The zero-order valence-corrected chi connectivity index (χ0v) is 15.0. The van der Waals surface area contributed by atoms with E-state index in [0.29, 0.717) is 11.6 Å². The first-order valence-electron chi connectivity index (χ1n) is 8.50. The monoisotopic (exact) mass is 342 g/mol. The van der Waals surface area contributed by atoms with Crippen molar-refractivity contribution >= 4 is 17.7 Å². The highest BCUT2D eigenvalue weighted by Gasteiger charge is 2.20. The molecule has 0 aromatic carbocycles. The number of amides is 1. The minimum Gasteiger partial charge on any atom is -0.481 e. The van der Waals surface area contributed by atoms with Gasteiger partial charge in [-0.15, -0.1) is 0 Å². The maximum absolute atomic E-state index is 12.5. The van der Waals surface area contributed by atoms with Crippen molar-refractivity contribution in [1.29, 1.82) is 5.41 Å². The van der Waals surface area contributed by atoms with Gasteiger partial charge in [0.25, 0.3) is 0 Å². The molecule has 0 saturated heterocycles. The number of nitrogens with zero attached hydrogens (tertiary/aromatic N) is 1. The van der Waals surface area contributed by atoms with Crippen LogP contribution in [0.5, 0.6) is 5.88 Å². The summed E-state index contributed by atoms with van der Waals surface area (Å²) in [6, 6.07) is 3.53. The Morgan fingerprint density at radius 1 is 1.40 bits per heavy atom. The van der Waals surface area contributed by atoms with Crippen molar-refractivity contribution in [2.24, 2.45) is 11.7 Å². The summed E-state index contributed by atoms with van der Waals surface area (Å²) in [6.45, 7) is 3.80. The molecular weight excluding hydrogens is 316 g/mol. The highest BCUT2D eigenvalue weighted by atomic mass is 16.5. The second-order valence-corrected chi connectivity index (χ2v) is 6.20. The minimum atomic E-state index is -0.211. The van der Waals surface area contributed by atoms with Crippen LogP contribution in [0.3, 0.4) is 0 Å². The van der Waals surface area contributed by atoms with Gasteiger partial charge in [-0.3, -0.25) is 4.79 Å². The highest BCUT2D eigenvalue weighted by molar-refractivity contribution is 5.91. The molecular formula is C19H26N4O2. The average molecular weight is 342 g/mol. The number of pyridine rings is 1. The summed E-state index contributed by atoms with van der Waals surface area (Å²) in [4.78, 5) is 17.0. The van der Waals surface area contributed by atoms with Crippen LogP contribution in [-0.2, 0) is 4.79 Å². The molecule has 0 aliphatic carbocycles. The van der Waals surface area contributed by atoms with Crippen molar-refractivity contribution in [1.82, 2.24) is 10.3 Å². The van der Waals surface area contributed by atoms with Crippen molar-refractivity contribution in [2.75, 3.05) is 7.11 Å². The van der Waals surface area contributed by atoms with E-state index in [4.69, 9.17) is 15.9 Å². The lowest BCUT2D eigenvalue weighted by Crippen LogP contribution is -2.30. The Labute approximate surface area is 148 Å². The van der Waals surface area contributed by atoms with E-state index < -0.39 is 0 Å². The first-order valence-corrected chi connectivity index (χ1v) is 8.50. The van der Waals surface area contributed by atoms with Crippen molar-refractivity contribution in [3.8, 4) is 5.88 Å². The molecule has 0 radical (unpaired) electrons. The number of allylic oxidation sites excluding steroid dienone is 3. The molecule has 0 unspecified atom stereocenters. The summed E-state index contributed by atoms with van der Waals surface area (Å²) in [5.41, 5.74) is 9.32. The third kappa shape index (κ3) is 4.54. The lowest BCUT2D eigenvalue weighted by atomic mass is 9.95. The first kappa shape index (κ1) is 18.9. The molecule has 134 valence electrons. The summed E-state index contributed by atoms with van der Waals surface area (Å²) in [6.07, 6.45) is 6.99. The van der Waals surface area contributed by atoms with Crippen LogP contribution in [0.25, 0.3) is 5.57 Å². The van der Waals surface area contributed by atoms with Gasteiger partial charge >= 0.3 is 0 Å². The Hall–Kier alpha value is -2.47. The van der Waals surface area contributed by atoms with Crippen LogP contribution >= 0.6 is 0 Å². The number of carbonyl (C=O) groups excluding carboxylic acids is 1. The topological polar surface area (TPSA) is 101 Å². The molecule has 2 atom stereocenters. The van der Waals surface area contributed by atoms with Gasteiger partial charge in [-0.25, -0.2) is 4.98 Å². The van der Waals surface area contributed by atoms with Gasteiger partial charge in [0.1, 0.15) is 0 Å². The fraction of sp³-hybridized carbons (Fsp3) is 0.421. The highest BCUT2D eigenvalue weighted by Crippen LogP contribution is 2.29. The smallest absolute Gasteiger partial charge is 0.227 e. The Kier molecular flexibility index (Phi) is 6.47. The van der Waals surface area contributed by atoms with Gasteiger partial charge in [0, 0.05) is 35.5 Å². The molecule has 4 N–H and O–H groups in total. The zero-order valence-electron chi connectivity index (χ0n) is 15.0. The maximum atomic E-state index is 12.5. The van der Waals surface area contributed by atoms with Gasteiger partial charge in [0.15, 0.2) is 0 Å². The third-order valence-corrected chi connectivity index (χ3v) is 4.41. The largest absolute Gasteiger partial charge is 0.481 e. The molecule has 1 aliphatic rings. The molecule has 1 amide bonds. The van der Waals surface area contributed by atoms with Crippen LogP contribution in [0.2, 0.25) is 0 Å². The number of nitrogens with two attached hydrogens (primary N) is 1. The number of ether oxygens (including phenoxy) is 1. The van der Waals surface area contributed by atoms with E-state index in [1.165, 1.54) is 6.21 Å². The summed E-state index contributed by atoms with van der Waals surface area (Å²) in [5.74, 6) is 0.302. The van der Waals surface area contributed by atoms with Crippen LogP contribution in [0.4, 0.5) is 0 Å². The van der Waals surface area contributed by atoms with Gasteiger partial charge in [0.2, 0.25) is 11.8 Å². The molecule has 6 nitrogen and oxygen atoms in total. The van der Waals surface area contributed by atoms with Gasteiger partial charge in [0.05, 0.1) is 12.8 Å². The molecule has 0 spiro atoms. The number of aromatic nitrogens is 1. The Balaban J connectivity index is 2.60. The Bertz CT molecular complexity index is 709. The SMILES string of the molecule is C/C=C1\C(=C/C=N)NC(=O)[C@@H](C)CCC[C@H](N)c2cc1cc(OC)n2. The van der Waals surface area contributed by atoms with E-state index in [1.807, 2.05) is 32.1 Å². The Morgan fingerprint density at radius 3 is 2.80 bits per heavy atom. The van der Waals surface area contributed by atoms with E-state index in [1.54, 1.807) is 13.2 Å². The summed E-state index contributed by atoms with van der Waals surface area (Å²) >= 11 is 0. The number of rotatable bonds is 2. The van der Waals surface area contributed by atoms with E-state index >= 15 is 0 Å². The number of fused-ring (bicyclic) bond motifs is 2. The van der Waals surface area contributed by atoms with Crippen LogP contribution in [0.1, 0.15) is 50.4 Å². The number of methoxy groups -OCH3 is 1. The number of carbonyl (C=O) groups is 1. The fourth-order valence-corrected chi connectivity index (χ4v) is 2.91. The van der Waals surface area contributed by atoms with E-state index in [0.717, 1.165) is 36.1 Å². The van der Waals surface area contributed by atoms with Gasteiger partial charge < -0.3 is 21.2 Å². The van der Waals surface area contributed by atoms with Gasteiger partial charge in [-0.2, -0.15) is 0 Å². The average Bonchev–Trinajstić information content (AvgIpc) is 2.61. The van der Waals surface area contributed by atoms with E-state index in [-0.39, 0.29) is 17.9 Å². The number of hydrogen-bond donors (Lipinski definition) is 3. The molecule has 1 aromatic rings. The second kappa shape index (κ2) is 8.58. The molecule has 6 heteroatoms. The fourth-order valence-electron chi connectivity index (χ4n) is 2.91. The normalized spacial score (nSPS) is 25.0. The molecule has 1 aliphatic heterocycles. The van der Waals surface area contributed by atoms with E-state index in [9.17, 15) is 4.79 Å². The van der Waals surface area contributed by atoms with Crippen molar-refractivity contribution < 1.29 is 9.53 Å². The van der Waals surface area contributed by atoms with Crippen LogP contribution in [-0.4, -0.2) is 24.2 Å². The zero-order chi connectivity index (χ0) is 18.4. The van der Waals surface area contributed by atoms with Crippen LogP contribution < -0.4 is 15.8 Å². The van der Waals surface area contributed by atoms with Crippen molar-refractivity contribution in [3.63, 3.8) is 0 Å². The second-order valence-electron chi connectivity index (χ2n) is 6.20. The van der Waals surface area contributed by atoms with Crippen molar-refractivity contribution in [2.45, 2.75) is 39.2 Å². The third-order valence-electron chi connectivity index (χ3n) is 4.41. The van der Waals surface area contributed by atoms with Gasteiger partial charge in [-0.05, 0) is 37.5 Å². The molecule has 2 heterocycles. The van der Waals surface area contributed by atoms with Crippen LogP contribution in [0, 0.1) is 11.3 Å². The summed E-state index contributed by atoms with van der Waals surface area (Å²) < 4.78 is 5.32. The molecule has 2 rings (SSSR count). The predicted molar refractivity (Wildman–Crippen MR) is 99.4 cm³/mol. The molecule has 2 bridgehead atoms. The summed E-state index contributed by atoms with van der Waals surface area (Å²) in [7, 11) is 1.57. The van der Waals surface area contributed by atoms with Crippen LogP contribution in [0.15, 0.2) is 30.0 Å². The molecule has 25 heavy (non-hydrogen) atoms. The van der Waals surface area contributed by atoms with Gasteiger partial charge in [-0.1, -0.05) is 19.4 Å². The molecule has 0 fully saturated rings. The predicted octanol–water partition coefficient (Wildman–Crippen LogP) is 2.96. The molecule has 1 aromatic heterocycles. The van der Waals surface area contributed by atoms with Crippen molar-refractivity contribution in [3.05, 3.63) is 41.2 Å². The first-order chi connectivity index (χ1) is 12.0. The van der Waals surface area contributed by atoms with E-state index in [2.05, 4.69) is 10.3 Å². The number of nitrogens with one attached hydrogen (secondary N) is 2. The minimum absolute atomic E-state index is 0.0529. The number of hydrogen-bond acceptors (Lipinski definition) is 5. The lowest BCUT2D eigenvalue weighted by molar-refractivity contribution is -0.123. The quantitative estimate of drug-likeness (QED) is 0.719. The maximum Gasteiger partial charge on any atom is 0.227 e. The standard InChI is InChI=1S/C19H26N4O2/c1-4-14-13-10-17(22-18(11-13)25-3)15(21)7-5-6-12(2)19(24)23-16(14)8-9-20/h4,8-12,15,20H,5-7,21H2,1-3H3,(H,23,24)/b14-4-,16-8+,20-9?/t12-,15-/m0/s1. The Morgan fingerprint density at radius 2 is 2.16 bits per heavy atom. The lowest BCUT2D eigenvalue weighted by Gasteiger charge is -2.21. The summed E-state index contributed by atoms with van der Waals surface area (Å²) in [5, 5.41) is 10.4. The molecule has 0 saturated carbocycles.